The molecule has 0 bridgehead atoms. The second kappa shape index (κ2) is 5.10. The van der Waals surface area contributed by atoms with Gasteiger partial charge in [0.2, 0.25) is 5.89 Å². The normalized spacial score (nSPS) is 18.5. The summed E-state index contributed by atoms with van der Waals surface area (Å²) < 4.78 is 4.94. The zero-order valence-corrected chi connectivity index (χ0v) is 9.52. The molecular weight excluding hydrogens is 204 g/mol. The van der Waals surface area contributed by atoms with Crippen molar-refractivity contribution < 1.29 is 4.52 Å². The van der Waals surface area contributed by atoms with Gasteiger partial charge in [-0.3, -0.25) is 9.80 Å². The molecule has 0 saturated carbocycles. The Morgan fingerprint density at radius 2 is 2.00 bits per heavy atom. The van der Waals surface area contributed by atoms with Gasteiger partial charge in [-0.2, -0.15) is 4.98 Å². The Morgan fingerprint density at radius 3 is 2.56 bits per heavy atom. The smallest absolute Gasteiger partial charge is 0.223 e. The van der Waals surface area contributed by atoms with Crippen molar-refractivity contribution in [2.45, 2.75) is 13.5 Å². The van der Waals surface area contributed by atoms with E-state index in [2.05, 4.69) is 25.9 Å². The highest BCUT2D eigenvalue weighted by Gasteiger charge is 2.17. The van der Waals surface area contributed by atoms with Crippen molar-refractivity contribution in [1.29, 1.82) is 0 Å². The van der Waals surface area contributed by atoms with E-state index >= 15 is 0 Å². The molecule has 1 aromatic heterocycles. The standard InChI is InChI=1S/C11H16N4O/c1-3-4-14-5-7-15(8-6-14)9-11-12-10(2)16-13-11/h1H,4-9H2,2H3. The van der Waals surface area contributed by atoms with Crippen LogP contribution in [-0.4, -0.2) is 52.7 Å². The maximum Gasteiger partial charge on any atom is 0.223 e. The lowest BCUT2D eigenvalue weighted by molar-refractivity contribution is 0.135. The molecule has 0 radical (unpaired) electrons. The van der Waals surface area contributed by atoms with Crippen LogP contribution >= 0.6 is 0 Å². The van der Waals surface area contributed by atoms with Gasteiger partial charge < -0.3 is 4.52 Å². The van der Waals surface area contributed by atoms with Crippen molar-refractivity contribution in [3.05, 3.63) is 11.7 Å². The molecule has 0 spiro atoms. The lowest BCUT2D eigenvalue weighted by atomic mass is 10.3. The first-order chi connectivity index (χ1) is 7.78. The summed E-state index contributed by atoms with van der Waals surface area (Å²) in [7, 11) is 0. The van der Waals surface area contributed by atoms with Crippen LogP contribution in [0.25, 0.3) is 0 Å². The van der Waals surface area contributed by atoms with Gasteiger partial charge in [-0.15, -0.1) is 6.42 Å². The van der Waals surface area contributed by atoms with Crippen LogP contribution in [0.1, 0.15) is 11.7 Å². The fourth-order valence-electron chi connectivity index (χ4n) is 1.84. The number of hydrogen-bond acceptors (Lipinski definition) is 5. The summed E-state index contributed by atoms with van der Waals surface area (Å²) in [5.41, 5.74) is 0. The Morgan fingerprint density at radius 1 is 1.31 bits per heavy atom. The summed E-state index contributed by atoms with van der Waals surface area (Å²) in [6.45, 7) is 7.37. The highest BCUT2D eigenvalue weighted by Crippen LogP contribution is 2.05. The van der Waals surface area contributed by atoms with Gasteiger partial charge in [-0.1, -0.05) is 11.1 Å². The highest BCUT2D eigenvalue weighted by molar-refractivity contribution is 4.91. The SMILES string of the molecule is C#CCN1CCN(Cc2noc(C)n2)CC1. The molecule has 0 aromatic carbocycles. The Bertz CT molecular complexity index is 374. The van der Waals surface area contributed by atoms with Crippen LogP contribution in [0.2, 0.25) is 0 Å². The van der Waals surface area contributed by atoms with Crippen LogP contribution in [0.15, 0.2) is 4.52 Å². The van der Waals surface area contributed by atoms with Crippen molar-refractivity contribution in [3.8, 4) is 12.3 Å². The van der Waals surface area contributed by atoms with E-state index in [-0.39, 0.29) is 0 Å². The van der Waals surface area contributed by atoms with E-state index in [4.69, 9.17) is 10.9 Å². The maximum atomic E-state index is 5.28. The minimum atomic E-state index is 0.626. The van der Waals surface area contributed by atoms with Gasteiger partial charge >= 0.3 is 0 Å². The molecule has 16 heavy (non-hydrogen) atoms. The molecule has 86 valence electrons. The minimum absolute atomic E-state index is 0.626. The topological polar surface area (TPSA) is 45.4 Å². The first kappa shape index (κ1) is 11.1. The van der Waals surface area contributed by atoms with E-state index in [1.807, 2.05) is 0 Å². The Kier molecular flexibility index (Phi) is 3.54. The average Bonchev–Trinajstić information content (AvgIpc) is 2.67. The molecule has 1 fully saturated rings. The minimum Gasteiger partial charge on any atom is -0.340 e. The highest BCUT2D eigenvalue weighted by atomic mass is 16.5. The molecule has 0 amide bonds. The van der Waals surface area contributed by atoms with E-state index < -0.39 is 0 Å². The Labute approximate surface area is 95.4 Å². The predicted molar refractivity (Wildman–Crippen MR) is 59.6 cm³/mol. The Balaban J connectivity index is 1.79. The summed E-state index contributed by atoms with van der Waals surface area (Å²) in [6.07, 6.45) is 5.28. The molecule has 2 rings (SSSR count). The largest absolute Gasteiger partial charge is 0.340 e. The fraction of sp³-hybridized carbons (Fsp3) is 0.636. The summed E-state index contributed by atoms with van der Waals surface area (Å²) in [5, 5.41) is 3.89. The number of rotatable bonds is 3. The van der Waals surface area contributed by atoms with E-state index in [9.17, 15) is 0 Å². The lowest BCUT2D eigenvalue weighted by Gasteiger charge is -2.32. The van der Waals surface area contributed by atoms with Crippen molar-refractivity contribution in [2.75, 3.05) is 32.7 Å². The van der Waals surface area contributed by atoms with Crippen LogP contribution in [0.3, 0.4) is 0 Å². The van der Waals surface area contributed by atoms with E-state index in [0.29, 0.717) is 5.89 Å². The summed E-state index contributed by atoms with van der Waals surface area (Å²) in [6, 6.07) is 0. The zero-order chi connectivity index (χ0) is 11.4. The molecule has 0 unspecified atom stereocenters. The van der Waals surface area contributed by atoms with Crippen LogP contribution in [0.4, 0.5) is 0 Å². The number of terminal acetylenes is 1. The van der Waals surface area contributed by atoms with Crippen molar-refractivity contribution in [3.63, 3.8) is 0 Å². The predicted octanol–water partition coefficient (Wildman–Crippen LogP) is 0.129. The number of aryl methyl sites for hydroxylation is 1. The van der Waals surface area contributed by atoms with Crippen LogP contribution in [-0.2, 0) is 6.54 Å². The fourth-order valence-corrected chi connectivity index (χ4v) is 1.84. The van der Waals surface area contributed by atoms with Gasteiger partial charge in [0.25, 0.3) is 0 Å². The van der Waals surface area contributed by atoms with Crippen LogP contribution < -0.4 is 0 Å². The maximum absolute atomic E-state index is 5.28. The zero-order valence-electron chi connectivity index (χ0n) is 9.52. The van der Waals surface area contributed by atoms with Crippen molar-refractivity contribution in [1.82, 2.24) is 19.9 Å². The second-order valence-corrected chi connectivity index (χ2v) is 3.99. The molecule has 0 N–H and O–H groups in total. The van der Waals surface area contributed by atoms with Gasteiger partial charge in [0, 0.05) is 33.1 Å². The van der Waals surface area contributed by atoms with Gasteiger partial charge in [-0.25, -0.2) is 0 Å². The summed E-state index contributed by atoms with van der Waals surface area (Å²) in [4.78, 5) is 8.79. The molecular formula is C11H16N4O. The average molecular weight is 220 g/mol. The van der Waals surface area contributed by atoms with E-state index in [1.54, 1.807) is 6.92 Å². The molecule has 0 aliphatic carbocycles. The van der Waals surface area contributed by atoms with Crippen LogP contribution in [0.5, 0.6) is 0 Å². The van der Waals surface area contributed by atoms with E-state index in [0.717, 1.165) is 45.1 Å². The van der Waals surface area contributed by atoms with Crippen molar-refractivity contribution >= 4 is 0 Å². The van der Waals surface area contributed by atoms with Crippen LogP contribution in [0, 0.1) is 19.3 Å². The lowest BCUT2D eigenvalue weighted by Crippen LogP contribution is -2.45. The number of nitrogens with zero attached hydrogens (tertiary/aromatic N) is 4. The second-order valence-electron chi connectivity index (χ2n) is 3.99. The van der Waals surface area contributed by atoms with E-state index in [1.165, 1.54) is 0 Å². The third kappa shape index (κ3) is 2.81. The first-order valence-electron chi connectivity index (χ1n) is 5.45. The molecule has 5 nitrogen and oxygen atoms in total. The molecule has 0 atom stereocenters. The monoisotopic (exact) mass is 220 g/mol. The quantitative estimate of drug-likeness (QED) is 0.677. The third-order valence-corrected chi connectivity index (χ3v) is 2.71. The van der Waals surface area contributed by atoms with Gasteiger partial charge in [0.15, 0.2) is 5.82 Å². The Hall–Kier alpha value is -1.38. The summed E-state index contributed by atoms with van der Waals surface area (Å²) in [5.74, 6) is 4.07. The van der Waals surface area contributed by atoms with Crippen molar-refractivity contribution in [2.24, 2.45) is 0 Å². The molecule has 1 aromatic rings. The van der Waals surface area contributed by atoms with Gasteiger partial charge in [-0.05, 0) is 0 Å². The number of aromatic nitrogens is 2. The number of piperazine rings is 1. The molecule has 2 heterocycles. The van der Waals surface area contributed by atoms with Gasteiger partial charge in [0.1, 0.15) is 0 Å². The van der Waals surface area contributed by atoms with Gasteiger partial charge in [0.05, 0.1) is 13.1 Å². The number of hydrogen-bond donors (Lipinski definition) is 0. The third-order valence-electron chi connectivity index (χ3n) is 2.71. The molecule has 1 aliphatic heterocycles. The molecule has 1 saturated heterocycles. The first-order valence-corrected chi connectivity index (χ1v) is 5.45. The molecule has 1 aliphatic rings. The molecule has 5 heteroatoms. The summed E-state index contributed by atoms with van der Waals surface area (Å²) >= 11 is 0.